The molecule has 1 saturated carbocycles. The molecule has 2 N–H and O–H groups in total. The first-order valence-corrected chi connectivity index (χ1v) is 7.23. The maximum absolute atomic E-state index is 13.9. The second kappa shape index (κ2) is 5.68. The van der Waals surface area contributed by atoms with Gasteiger partial charge in [0.2, 0.25) is 0 Å². The van der Waals surface area contributed by atoms with Gasteiger partial charge in [0.05, 0.1) is 11.6 Å². The molecule has 0 aliphatic heterocycles. The highest BCUT2D eigenvalue weighted by Crippen LogP contribution is 2.42. The lowest BCUT2D eigenvalue weighted by atomic mass is 9.87. The van der Waals surface area contributed by atoms with E-state index < -0.39 is 11.6 Å². The maximum Gasteiger partial charge on any atom is 0.128 e. The van der Waals surface area contributed by atoms with E-state index >= 15 is 0 Å². The SMILES string of the molecule is CCOC1(C(N)c2cc(Br)ccc2F)CCCC1. The molecule has 18 heavy (non-hydrogen) atoms. The van der Waals surface area contributed by atoms with Gasteiger partial charge in [0.1, 0.15) is 5.82 Å². The fraction of sp³-hybridized carbons (Fsp3) is 0.571. The fourth-order valence-corrected chi connectivity index (χ4v) is 3.22. The second-order valence-corrected chi connectivity index (χ2v) is 5.76. The van der Waals surface area contributed by atoms with Crippen LogP contribution in [0.3, 0.4) is 0 Å². The molecule has 0 radical (unpaired) electrons. The summed E-state index contributed by atoms with van der Waals surface area (Å²) in [6.07, 6.45) is 4.02. The lowest BCUT2D eigenvalue weighted by molar-refractivity contribution is -0.0543. The number of rotatable bonds is 4. The first-order chi connectivity index (χ1) is 8.59. The minimum absolute atomic E-state index is 0.253. The summed E-state index contributed by atoms with van der Waals surface area (Å²) >= 11 is 3.37. The molecule has 1 aliphatic rings. The summed E-state index contributed by atoms with van der Waals surface area (Å²) in [4.78, 5) is 0. The molecule has 0 saturated heterocycles. The number of hydrogen-bond acceptors (Lipinski definition) is 2. The lowest BCUT2D eigenvalue weighted by Gasteiger charge is -2.35. The Kier molecular flexibility index (Phi) is 4.41. The quantitative estimate of drug-likeness (QED) is 0.913. The van der Waals surface area contributed by atoms with Crippen LogP contribution in [-0.4, -0.2) is 12.2 Å². The summed E-state index contributed by atoms with van der Waals surface area (Å²) < 4.78 is 20.7. The van der Waals surface area contributed by atoms with Crippen LogP contribution in [0.1, 0.15) is 44.2 Å². The molecule has 1 aromatic carbocycles. The third kappa shape index (κ3) is 2.60. The van der Waals surface area contributed by atoms with Gasteiger partial charge < -0.3 is 10.5 Å². The zero-order chi connectivity index (χ0) is 13.2. The number of ether oxygens (including phenoxy) is 1. The van der Waals surface area contributed by atoms with Crippen molar-refractivity contribution in [2.24, 2.45) is 5.73 Å². The Morgan fingerprint density at radius 1 is 1.44 bits per heavy atom. The van der Waals surface area contributed by atoms with Crippen LogP contribution in [0.15, 0.2) is 22.7 Å². The van der Waals surface area contributed by atoms with E-state index in [1.165, 1.54) is 6.07 Å². The van der Waals surface area contributed by atoms with Crippen molar-refractivity contribution in [3.8, 4) is 0 Å². The third-order valence-corrected chi connectivity index (χ3v) is 4.23. The molecular weight excluding hydrogens is 297 g/mol. The van der Waals surface area contributed by atoms with Crippen molar-refractivity contribution in [3.05, 3.63) is 34.1 Å². The Morgan fingerprint density at radius 3 is 2.72 bits per heavy atom. The Labute approximate surface area is 116 Å². The highest BCUT2D eigenvalue weighted by Gasteiger charge is 2.42. The molecule has 1 unspecified atom stereocenters. The van der Waals surface area contributed by atoms with E-state index in [2.05, 4.69) is 15.9 Å². The van der Waals surface area contributed by atoms with E-state index in [1.54, 1.807) is 12.1 Å². The van der Waals surface area contributed by atoms with Gasteiger partial charge in [0.25, 0.3) is 0 Å². The largest absolute Gasteiger partial charge is 0.373 e. The lowest BCUT2D eigenvalue weighted by Crippen LogP contribution is -2.42. The predicted octanol–water partition coefficient (Wildman–Crippen LogP) is 3.94. The van der Waals surface area contributed by atoms with Gasteiger partial charge in [-0.1, -0.05) is 28.8 Å². The molecule has 100 valence electrons. The van der Waals surface area contributed by atoms with Gasteiger partial charge in [-0.05, 0) is 38.0 Å². The molecular formula is C14H19BrFNO. The number of halogens is 2. The summed E-state index contributed by atoms with van der Waals surface area (Å²) in [5, 5.41) is 0. The van der Waals surface area contributed by atoms with Crippen LogP contribution in [0.2, 0.25) is 0 Å². The molecule has 2 nitrogen and oxygen atoms in total. The zero-order valence-corrected chi connectivity index (χ0v) is 12.2. The Balaban J connectivity index is 2.33. The molecule has 1 atom stereocenters. The second-order valence-electron chi connectivity index (χ2n) is 4.85. The van der Waals surface area contributed by atoms with Gasteiger partial charge in [-0.2, -0.15) is 0 Å². The average molecular weight is 316 g/mol. The summed E-state index contributed by atoms with van der Waals surface area (Å²) in [5.41, 5.74) is 6.45. The van der Waals surface area contributed by atoms with Crippen molar-refractivity contribution < 1.29 is 9.13 Å². The molecule has 1 fully saturated rings. The average Bonchev–Trinajstić information content (AvgIpc) is 2.82. The van der Waals surface area contributed by atoms with Crippen molar-refractivity contribution in [2.45, 2.75) is 44.2 Å². The topological polar surface area (TPSA) is 35.2 Å². The smallest absolute Gasteiger partial charge is 0.128 e. The third-order valence-electron chi connectivity index (χ3n) is 3.74. The first-order valence-electron chi connectivity index (χ1n) is 6.43. The van der Waals surface area contributed by atoms with Gasteiger partial charge in [-0.25, -0.2) is 4.39 Å². The van der Waals surface area contributed by atoms with Crippen LogP contribution in [-0.2, 0) is 4.74 Å². The number of hydrogen-bond donors (Lipinski definition) is 1. The minimum atomic E-state index is -0.405. The Hall–Kier alpha value is -0.450. The first kappa shape index (κ1) is 14.0. The van der Waals surface area contributed by atoms with Crippen molar-refractivity contribution in [1.29, 1.82) is 0 Å². The monoisotopic (exact) mass is 315 g/mol. The van der Waals surface area contributed by atoms with Crippen molar-refractivity contribution in [2.75, 3.05) is 6.61 Å². The summed E-state index contributed by atoms with van der Waals surface area (Å²) in [5.74, 6) is -0.253. The van der Waals surface area contributed by atoms with Crippen molar-refractivity contribution >= 4 is 15.9 Å². The van der Waals surface area contributed by atoms with Gasteiger partial charge >= 0.3 is 0 Å². The molecule has 0 amide bonds. The highest BCUT2D eigenvalue weighted by atomic mass is 79.9. The van der Waals surface area contributed by atoms with Crippen LogP contribution in [0.4, 0.5) is 4.39 Å². The maximum atomic E-state index is 13.9. The van der Waals surface area contributed by atoms with Crippen LogP contribution < -0.4 is 5.73 Å². The van der Waals surface area contributed by atoms with E-state index in [1.807, 2.05) is 6.92 Å². The summed E-state index contributed by atoms with van der Waals surface area (Å²) in [6, 6.07) is 4.50. The van der Waals surface area contributed by atoms with Crippen molar-refractivity contribution in [3.63, 3.8) is 0 Å². The van der Waals surface area contributed by atoms with Gasteiger partial charge in [0.15, 0.2) is 0 Å². The molecule has 0 spiro atoms. The number of nitrogens with two attached hydrogens (primary N) is 1. The minimum Gasteiger partial charge on any atom is -0.373 e. The molecule has 0 heterocycles. The van der Waals surface area contributed by atoms with Crippen LogP contribution in [0, 0.1) is 5.82 Å². The normalized spacial score (nSPS) is 20.0. The van der Waals surface area contributed by atoms with E-state index in [0.717, 1.165) is 30.2 Å². The van der Waals surface area contributed by atoms with Crippen LogP contribution in [0.25, 0.3) is 0 Å². The van der Waals surface area contributed by atoms with E-state index in [0.29, 0.717) is 12.2 Å². The predicted molar refractivity (Wildman–Crippen MR) is 73.9 cm³/mol. The van der Waals surface area contributed by atoms with E-state index in [9.17, 15) is 4.39 Å². The number of benzene rings is 1. The Bertz CT molecular complexity index is 418. The van der Waals surface area contributed by atoms with Crippen molar-refractivity contribution in [1.82, 2.24) is 0 Å². The molecule has 1 aliphatic carbocycles. The standard InChI is InChI=1S/C14H19BrFNO/c1-2-18-14(7-3-4-8-14)13(17)11-9-10(15)5-6-12(11)16/h5-6,9,13H,2-4,7-8,17H2,1H3. The van der Waals surface area contributed by atoms with E-state index in [4.69, 9.17) is 10.5 Å². The molecule has 0 bridgehead atoms. The molecule has 1 aromatic rings. The van der Waals surface area contributed by atoms with Crippen LogP contribution in [0.5, 0.6) is 0 Å². The van der Waals surface area contributed by atoms with Gasteiger partial charge in [-0.15, -0.1) is 0 Å². The zero-order valence-electron chi connectivity index (χ0n) is 10.6. The molecule has 2 rings (SSSR count). The van der Waals surface area contributed by atoms with Crippen LogP contribution >= 0.6 is 15.9 Å². The molecule has 4 heteroatoms. The van der Waals surface area contributed by atoms with Gasteiger partial charge in [-0.3, -0.25) is 0 Å². The van der Waals surface area contributed by atoms with E-state index in [-0.39, 0.29) is 5.82 Å². The Morgan fingerprint density at radius 2 is 2.11 bits per heavy atom. The fourth-order valence-electron chi connectivity index (χ4n) is 2.84. The summed E-state index contributed by atoms with van der Waals surface area (Å²) in [6.45, 7) is 2.58. The molecule has 0 aromatic heterocycles. The summed E-state index contributed by atoms with van der Waals surface area (Å²) in [7, 11) is 0. The highest BCUT2D eigenvalue weighted by molar-refractivity contribution is 9.10. The van der Waals surface area contributed by atoms with Gasteiger partial charge in [0, 0.05) is 16.6 Å².